The number of ether oxygens (including phenoxy) is 1. The maximum atomic E-state index is 10.4. The van der Waals surface area contributed by atoms with Gasteiger partial charge in [-0.1, -0.05) is 38.5 Å². The molecule has 2 atom stereocenters. The highest BCUT2D eigenvalue weighted by Gasteiger charge is 2.35. The summed E-state index contributed by atoms with van der Waals surface area (Å²) in [6, 6.07) is 6.49. The van der Waals surface area contributed by atoms with Gasteiger partial charge in [0.05, 0.1) is 6.04 Å². The normalized spacial score (nSPS) is 27.2. The Balaban J connectivity index is 1.98. The number of piperidine rings is 1. The average Bonchev–Trinajstić information content (AvgIpc) is 2.47. The molecule has 0 aromatic heterocycles. The van der Waals surface area contributed by atoms with Crippen LogP contribution in [-0.4, -0.2) is 35.8 Å². The van der Waals surface area contributed by atoms with E-state index in [0.717, 1.165) is 18.8 Å². The zero-order chi connectivity index (χ0) is 14.1. The number of aliphatic hydroxyl groups excluding tert-OH is 1. The summed E-state index contributed by atoms with van der Waals surface area (Å²) in [5.41, 5.74) is 2.44. The van der Waals surface area contributed by atoms with Crippen LogP contribution in [0.2, 0.25) is 0 Å². The summed E-state index contributed by atoms with van der Waals surface area (Å²) in [6.45, 7) is 6.98. The van der Waals surface area contributed by atoms with Crippen LogP contribution < -0.4 is 4.74 Å². The Labute approximate surface area is 121 Å². The molecule has 110 valence electrons. The van der Waals surface area contributed by atoms with Gasteiger partial charge in [-0.05, 0) is 37.4 Å². The first-order chi connectivity index (χ1) is 9.68. The van der Waals surface area contributed by atoms with Crippen LogP contribution in [0.5, 0.6) is 5.75 Å². The molecule has 3 nitrogen and oxygen atoms in total. The Morgan fingerprint density at radius 3 is 2.65 bits per heavy atom. The van der Waals surface area contributed by atoms with Crippen LogP contribution in [0, 0.1) is 0 Å². The highest BCUT2D eigenvalue weighted by atomic mass is 16.5. The van der Waals surface area contributed by atoms with E-state index < -0.39 is 6.10 Å². The van der Waals surface area contributed by atoms with Crippen molar-refractivity contribution >= 4 is 0 Å². The van der Waals surface area contributed by atoms with E-state index in [-0.39, 0.29) is 6.04 Å². The van der Waals surface area contributed by atoms with E-state index in [0.29, 0.717) is 12.5 Å². The third-order valence-electron chi connectivity index (χ3n) is 4.56. The van der Waals surface area contributed by atoms with Gasteiger partial charge < -0.3 is 9.84 Å². The Bertz CT molecular complexity index is 466. The van der Waals surface area contributed by atoms with Crippen molar-refractivity contribution in [2.75, 3.05) is 19.7 Å². The SMILES string of the molecule is CC(C)c1cccc2c1OCC(O)C2N1CCCCC1. The summed E-state index contributed by atoms with van der Waals surface area (Å²) < 4.78 is 5.87. The van der Waals surface area contributed by atoms with Crippen molar-refractivity contribution in [3.63, 3.8) is 0 Å². The van der Waals surface area contributed by atoms with Gasteiger partial charge in [-0.15, -0.1) is 0 Å². The molecule has 2 aliphatic rings. The fourth-order valence-corrected chi connectivity index (χ4v) is 3.53. The first-order valence-electron chi connectivity index (χ1n) is 7.86. The molecule has 3 rings (SSSR count). The Kier molecular flexibility index (Phi) is 3.99. The van der Waals surface area contributed by atoms with Crippen LogP contribution in [-0.2, 0) is 0 Å². The van der Waals surface area contributed by atoms with Crippen LogP contribution in [0.4, 0.5) is 0 Å². The van der Waals surface area contributed by atoms with E-state index in [9.17, 15) is 5.11 Å². The summed E-state index contributed by atoms with van der Waals surface area (Å²) in [6.07, 6.45) is 3.38. The average molecular weight is 275 g/mol. The summed E-state index contributed by atoms with van der Waals surface area (Å²) in [7, 11) is 0. The second-order valence-electron chi connectivity index (χ2n) is 6.34. The van der Waals surface area contributed by atoms with Crippen LogP contribution in [0.25, 0.3) is 0 Å². The lowest BCUT2D eigenvalue weighted by molar-refractivity contribution is -0.00720. The Hall–Kier alpha value is -1.06. The van der Waals surface area contributed by atoms with E-state index in [1.807, 2.05) is 0 Å². The van der Waals surface area contributed by atoms with E-state index in [1.165, 1.54) is 30.4 Å². The predicted molar refractivity (Wildman–Crippen MR) is 80.2 cm³/mol. The molecule has 1 aromatic carbocycles. The number of para-hydroxylation sites is 1. The molecule has 0 radical (unpaired) electrons. The summed E-state index contributed by atoms with van der Waals surface area (Å²) in [4.78, 5) is 2.44. The molecule has 2 aliphatic heterocycles. The van der Waals surface area contributed by atoms with Gasteiger partial charge in [0.25, 0.3) is 0 Å². The largest absolute Gasteiger partial charge is 0.490 e. The number of hydrogen-bond donors (Lipinski definition) is 1. The monoisotopic (exact) mass is 275 g/mol. The van der Waals surface area contributed by atoms with Crippen molar-refractivity contribution in [1.82, 2.24) is 4.90 Å². The van der Waals surface area contributed by atoms with Crippen LogP contribution in [0.15, 0.2) is 18.2 Å². The molecule has 0 bridgehead atoms. The molecule has 1 N–H and O–H groups in total. The van der Waals surface area contributed by atoms with Crippen LogP contribution in [0.1, 0.15) is 56.2 Å². The minimum Gasteiger partial charge on any atom is -0.490 e. The fourth-order valence-electron chi connectivity index (χ4n) is 3.53. The van der Waals surface area contributed by atoms with Crippen LogP contribution in [0.3, 0.4) is 0 Å². The number of aliphatic hydroxyl groups is 1. The molecular weight excluding hydrogens is 250 g/mol. The van der Waals surface area contributed by atoms with E-state index in [4.69, 9.17) is 4.74 Å². The van der Waals surface area contributed by atoms with Gasteiger partial charge in [0.15, 0.2) is 0 Å². The molecule has 1 aromatic rings. The third-order valence-corrected chi connectivity index (χ3v) is 4.56. The lowest BCUT2D eigenvalue weighted by Gasteiger charge is -2.41. The molecular formula is C17H25NO2. The van der Waals surface area contributed by atoms with Crippen LogP contribution >= 0.6 is 0 Å². The Morgan fingerprint density at radius 1 is 1.20 bits per heavy atom. The van der Waals surface area contributed by atoms with Gasteiger partial charge in [-0.3, -0.25) is 4.90 Å². The standard InChI is InChI=1S/C17H25NO2/c1-12(2)13-7-6-8-14-16(15(19)11-20-17(13)14)18-9-4-3-5-10-18/h6-8,12,15-16,19H,3-5,9-11H2,1-2H3. The van der Waals surface area contributed by atoms with Crippen molar-refractivity contribution < 1.29 is 9.84 Å². The number of benzene rings is 1. The second-order valence-corrected chi connectivity index (χ2v) is 6.34. The minimum absolute atomic E-state index is 0.109. The molecule has 0 spiro atoms. The van der Waals surface area contributed by atoms with Gasteiger partial charge in [-0.25, -0.2) is 0 Å². The molecule has 0 saturated carbocycles. The first kappa shape index (κ1) is 13.9. The maximum absolute atomic E-state index is 10.4. The first-order valence-corrected chi connectivity index (χ1v) is 7.86. The van der Waals surface area contributed by atoms with Gasteiger partial charge in [-0.2, -0.15) is 0 Å². The van der Waals surface area contributed by atoms with E-state index in [2.05, 4.69) is 36.9 Å². The van der Waals surface area contributed by atoms with Crippen molar-refractivity contribution in [1.29, 1.82) is 0 Å². The molecule has 1 fully saturated rings. The Morgan fingerprint density at radius 2 is 1.95 bits per heavy atom. The molecule has 0 aliphatic carbocycles. The minimum atomic E-state index is -0.414. The molecule has 2 unspecified atom stereocenters. The number of fused-ring (bicyclic) bond motifs is 1. The zero-order valence-electron chi connectivity index (χ0n) is 12.5. The molecule has 0 amide bonds. The van der Waals surface area contributed by atoms with Gasteiger partial charge >= 0.3 is 0 Å². The highest BCUT2D eigenvalue weighted by molar-refractivity contribution is 5.46. The molecule has 2 heterocycles. The number of likely N-dealkylation sites (tertiary alicyclic amines) is 1. The topological polar surface area (TPSA) is 32.7 Å². The lowest BCUT2D eigenvalue weighted by atomic mass is 9.90. The maximum Gasteiger partial charge on any atom is 0.127 e. The fraction of sp³-hybridized carbons (Fsp3) is 0.647. The van der Waals surface area contributed by atoms with E-state index in [1.54, 1.807) is 0 Å². The highest BCUT2D eigenvalue weighted by Crippen LogP contribution is 2.41. The van der Waals surface area contributed by atoms with Gasteiger partial charge in [0, 0.05) is 5.56 Å². The zero-order valence-corrected chi connectivity index (χ0v) is 12.5. The number of nitrogens with zero attached hydrogens (tertiary/aromatic N) is 1. The molecule has 20 heavy (non-hydrogen) atoms. The van der Waals surface area contributed by atoms with Crippen molar-refractivity contribution in [2.24, 2.45) is 0 Å². The smallest absolute Gasteiger partial charge is 0.127 e. The second kappa shape index (κ2) is 5.74. The lowest BCUT2D eigenvalue weighted by Crippen LogP contribution is -2.44. The summed E-state index contributed by atoms with van der Waals surface area (Å²) >= 11 is 0. The molecule has 3 heteroatoms. The summed E-state index contributed by atoms with van der Waals surface area (Å²) in [5.74, 6) is 1.46. The van der Waals surface area contributed by atoms with Crippen molar-refractivity contribution in [2.45, 2.75) is 51.2 Å². The molecule has 1 saturated heterocycles. The number of hydrogen-bond acceptors (Lipinski definition) is 3. The third kappa shape index (κ3) is 2.45. The van der Waals surface area contributed by atoms with E-state index >= 15 is 0 Å². The number of rotatable bonds is 2. The van der Waals surface area contributed by atoms with Gasteiger partial charge in [0.2, 0.25) is 0 Å². The summed E-state index contributed by atoms with van der Waals surface area (Å²) in [5, 5.41) is 10.4. The van der Waals surface area contributed by atoms with Crippen molar-refractivity contribution in [3.8, 4) is 5.75 Å². The predicted octanol–water partition coefficient (Wildman–Crippen LogP) is 3.09. The quantitative estimate of drug-likeness (QED) is 0.900. The van der Waals surface area contributed by atoms with Gasteiger partial charge in [0.1, 0.15) is 18.5 Å². The van der Waals surface area contributed by atoms with Crippen molar-refractivity contribution in [3.05, 3.63) is 29.3 Å².